The fourth-order valence-corrected chi connectivity index (χ4v) is 1.93. The maximum Gasteiger partial charge on any atom is 0.0192 e. The number of unbranched alkanes of at least 4 members (excludes halogenated alkanes) is 1. The van der Waals surface area contributed by atoms with Crippen molar-refractivity contribution in [1.29, 1.82) is 0 Å². The molecule has 1 nitrogen and oxygen atoms in total. The largest absolute Gasteiger partial charge is 0.299 e. The third-order valence-corrected chi connectivity index (χ3v) is 2.84. The van der Waals surface area contributed by atoms with Crippen molar-refractivity contribution in [3.8, 4) is 0 Å². The molecule has 0 unspecified atom stereocenters. The topological polar surface area (TPSA) is 3.24 Å². The Morgan fingerprint density at radius 1 is 1.50 bits per heavy atom. The fourth-order valence-electron chi connectivity index (χ4n) is 1.93. The monoisotopic (exact) mass is 193 g/mol. The van der Waals surface area contributed by atoms with E-state index in [2.05, 4.69) is 37.0 Å². The summed E-state index contributed by atoms with van der Waals surface area (Å²) >= 11 is 0. The van der Waals surface area contributed by atoms with Crippen LogP contribution in [0.1, 0.15) is 39.5 Å². The molecular formula is C13H23N. The maximum absolute atomic E-state index is 2.59. The Labute approximate surface area is 88.5 Å². The number of allylic oxidation sites excluding steroid dienone is 2. The van der Waals surface area contributed by atoms with Crippen molar-refractivity contribution in [3.63, 3.8) is 0 Å². The van der Waals surface area contributed by atoms with Crippen LogP contribution >= 0.6 is 0 Å². The standard InChI is InChI=1S/C13H23N/c1-3-5-6-7-10-14-11-8-9-13(4-2)12-14/h3,5,9H,4,6-8,10-12H2,1-2H3/b5-3+. The average Bonchev–Trinajstić information content (AvgIpc) is 2.25. The lowest BCUT2D eigenvalue weighted by molar-refractivity contribution is 0.285. The van der Waals surface area contributed by atoms with Crippen LogP contribution in [-0.4, -0.2) is 24.5 Å². The lowest BCUT2D eigenvalue weighted by atomic mass is 10.1. The molecule has 1 aliphatic rings. The van der Waals surface area contributed by atoms with Gasteiger partial charge in [0, 0.05) is 13.1 Å². The number of hydrogen-bond donors (Lipinski definition) is 0. The van der Waals surface area contributed by atoms with E-state index in [0.717, 1.165) is 0 Å². The second-order valence-electron chi connectivity index (χ2n) is 3.99. The van der Waals surface area contributed by atoms with Crippen LogP contribution in [0.5, 0.6) is 0 Å². The van der Waals surface area contributed by atoms with Crippen LogP contribution in [0.4, 0.5) is 0 Å². The SMILES string of the molecule is C/C=C/CCCN1CCC=C(CC)C1. The number of nitrogens with zero attached hydrogens (tertiary/aromatic N) is 1. The second kappa shape index (κ2) is 6.83. The van der Waals surface area contributed by atoms with Crippen molar-refractivity contribution in [2.24, 2.45) is 0 Å². The Bertz CT molecular complexity index is 203. The predicted molar refractivity (Wildman–Crippen MR) is 63.5 cm³/mol. The molecule has 0 spiro atoms. The van der Waals surface area contributed by atoms with Crippen LogP contribution in [0.2, 0.25) is 0 Å². The zero-order valence-electron chi connectivity index (χ0n) is 9.63. The minimum atomic E-state index is 1.21. The zero-order valence-corrected chi connectivity index (χ0v) is 9.63. The Balaban J connectivity index is 2.17. The third kappa shape index (κ3) is 4.10. The molecule has 1 aliphatic heterocycles. The molecule has 0 atom stereocenters. The molecule has 0 aromatic heterocycles. The van der Waals surface area contributed by atoms with Gasteiger partial charge in [-0.3, -0.25) is 4.90 Å². The van der Waals surface area contributed by atoms with E-state index in [1.54, 1.807) is 5.57 Å². The van der Waals surface area contributed by atoms with E-state index in [9.17, 15) is 0 Å². The molecule has 0 fully saturated rings. The minimum Gasteiger partial charge on any atom is -0.299 e. The first-order valence-corrected chi connectivity index (χ1v) is 5.88. The molecule has 1 heteroatoms. The summed E-state index contributed by atoms with van der Waals surface area (Å²) in [6.07, 6.45) is 11.9. The summed E-state index contributed by atoms with van der Waals surface area (Å²) in [5.74, 6) is 0. The molecule has 0 amide bonds. The Kier molecular flexibility index (Phi) is 5.62. The molecule has 0 aromatic carbocycles. The van der Waals surface area contributed by atoms with Crippen LogP contribution in [-0.2, 0) is 0 Å². The van der Waals surface area contributed by atoms with Gasteiger partial charge in [-0.2, -0.15) is 0 Å². The highest BCUT2D eigenvalue weighted by molar-refractivity contribution is 5.07. The van der Waals surface area contributed by atoms with Gasteiger partial charge in [0.25, 0.3) is 0 Å². The predicted octanol–water partition coefficient (Wildman–Crippen LogP) is 3.38. The molecule has 1 rings (SSSR count). The van der Waals surface area contributed by atoms with Crippen molar-refractivity contribution in [1.82, 2.24) is 4.90 Å². The van der Waals surface area contributed by atoms with Crippen molar-refractivity contribution in [2.45, 2.75) is 39.5 Å². The molecule has 0 aromatic rings. The van der Waals surface area contributed by atoms with Crippen molar-refractivity contribution >= 4 is 0 Å². The summed E-state index contributed by atoms with van der Waals surface area (Å²) in [7, 11) is 0. The molecule has 80 valence electrons. The Morgan fingerprint density at radius 2 is 2.36 bits per heavy atom. The smallest absolute Gasteiger partial charge is 0.0192 e. The first-order valence-electron chi connectivity index (χ1n) is 5.88. The molecule has 0 radical (unpaired) electrons. The summed E-state index contributed by atoms with van der Waals surface area (Å²) in [4.78, 5) is 2.59. The molecule has 1 heterocycles. The first-order chi connectivity index (χ1) is 6.86. The second-order valence-corrected chi connectivity index (χ2v) is 3.99. The summed E-state index contributed by atoms with van der Waals surface area (Å²) in [5, 5.41) is 0. The van der Waals surface area contributed by atoms with Gasteiger partial charge in [0.05, 0.1) is 0 Å². The van der Waals surface area contributed by atoms with E-state index in [4.69, 9.17) is 0 Å². The van der Waals surface area contributed by atoms with Gasteiger partial charge in [-0.15, -0.1) is 0 Å². The minimum absolute atomic E-state index is 1.21. The van der Waals surface area contributed by atoms with E-state index in [1.807, 2.05) is 0 Å². The van der Waals surface area contributed by atoms with E-state index >= 15 is 0 Å². The first kappa shape index (κ1) is 11.5. The molecule has 0 saturated heterocycles. The van der Waals surface area contributed by atoms with Gasteiger partial charge in [0.2, 0.25) is 0 Å². The Morgan fingerprint density at radius 3 is 3.07 bits per heavy atom. The Hall–Kier alpha value is -0.560. The summed E-state index contributed by atoms with van der Waals surface area (Å²) < 4.78 is 0. The lowest BCUT2D eigenvalue weighted by Crippen LogP contribution is -2.30. The highest BCUT2D eigenvalue weighted by Gasteiger charge is 2.09. The lowest BCUT2D eigenvalue weighted by Gasteiger charge is -2.26. The van der Waals surface area contributed by atoms with E-state index in [1.165, 1.54) is 45.3 Å². The van der Waals surface area contributed by atoms with Crippen molar-refractivity contribution < 1.29 is 0 Å². The zero-order chi connectivity index (χ0) is 10.2. The van der Waals surface area contributed by atoms with Gasteiger partial charge in [-0.05, 0) is 39.2 Å². The maximum atomic E-state index is 2.59. The normalized spacial score (nSPS) is 18.9. The van der Waals surface area contributed by atoms with Gasteiger partial charge in [-0.1, -0.05) is 30.7 Å². The van der Waals surface area contributed by atoms with Gasteiger partial charge < -0.3 is 0 Å². The van der Waals surface area contributed by atoms with Crippen LogP contribution in [0.3, 0.4) is 0 Å². The molecule has 0 N–H and O–H groups in total. The third-order valence-electron chi connectivity index (χ3n) is 2.84. The average molecular weight is 193 g/mol. The van der Waals surface area contributed by atoms with Gasteiger partial charge >= 0.3 is 0 Å². The van der Waals surface area contributed by atoms with Crippen LogP contribution in [0.25, 0.3) is 0 Å². The van der Waals surface area contributed by atoms with E-state index in [-0.39, 0.29) is 0 Å². The van der Waals surface area contributed by atoms with Gasteiger partial charge in [0.15, 0.2) is 0 Å². The molecule has 0 aliphatic carbocycles. The van der Waals surface area contributed by atoms with Gasteiger partial charge in [-0.25, -0.2) is 0 Å². The number of rotatable bonds is 5. The highest BCUT2D eigenvalue weighted by Crippen LogP contribution is 2.12. The van der Waals surface area contributed by atoms with Crippen LogP contribution in [0, 0.1) is 0 Å². The van der Waals surface area contributed by atoms with E-state index in [0.29, 0.717) is 0 Å². The fraction of sp³-hybridized carbons (Fsp3) is 0.692. The number of hydrogen-bond acceptors (Lipinski definition) is 1. The van der Waals surface area contributed by atoms with E-state index < -0.39 is 0 Å². The summed E-state index contributed by atoms with van der Waals surface area (Å²) in [6, 6.07) is 0. The quantitative estimate of drug-likeness (QED) is 0.478. The molecule has 14 heavy (non-hydrogen) atoms. The van der Waals surface area contributed by atoms with Crippen LogP contribution < -0.4 is 0 Å². The summed E-state index contributed by atoms with van der Waals surface area (Å²) in [6.45, 7) is 8.10. The van der Waals surface area contributed by atoms with Gasteiger partial charge in [0.1, 0.15) is 0 Å². The highest BCUT2D eigenvalue weighted by atomic mass is 15.1. The van der Waals surface area contributed by atoms with Crippen molar-refractivity contribution in [2.75, 3.05) is 19.6 Å². The molecular weight excluding hydrogens is 170 g/mol. The van der Waals surface area contributed by atoms with Crippen LogP contribution in [0.15, 0.2) is 23.8 Å². The van der Waals surface area contributed by atoms with Crippen molar-refractivity contribution in [3.05, 3.63) is 23.8 Å². The molecule has 0 bridgehead atoms. The molecule has 0 saturated carbocycles. The summed E-state index contributed by atoms with van der Waals surface area (Å²) in [5.41, 5.74) is 1.63.